The molecule has 2 unspecified atom stereocenters. The summed E-state index contributed by atoms with van der Waals surface area (Å²) in [6, 6.07) is 5.72. The molecule has 2 bridgehead atoms. The third-order valence-corrected chi connectivity index (χ3v) is 5.35. The SMILES string of the molecule is Cc1cc(C)cc(OC(=O)C23CCC(C2)C(C)(C)C3=O)c1. The average molecular weight is 286 g/mol. The standard InChI is InChI=1S/C18H22O3/c1-11-7-12(2)9-14(8-11)21-16(20)18-6-5-13(10-18)17(3,4)15(18)19/h7-9,13H,5-6,10H2,1-4H3. The van der Waals surface area contributed by atoms with Crippen LogP contribution in [0.1, 0.15) is 44.2 Å². The van der Waals surface area contributed by atoms with Crippen molar-refractivity contribution in [2.45, 2.75) is 47.0 Å². The van der Waals surface area contributed by atoms with Crippen LogP contribution in [0.4, 0.5) is 0 Å². The van der Waals surface area contributed by atoms with E-state index in [4.69, 9.17) is 4.74 Å². The van der Waals surface area contributed by atoms with Crippen molar-refractivity contribution in [2.24, 2.45) is 16.7 Å². The van der Waals surface area contributed by atoms with Gasteiger partial charge in [-0.3, -0.25) is 9.59 Å². The molecule has 2 fully saturated rings. The van der Waals surface area contributed by atoms with Gasteiger partial charge in [0.05, 0.1) is 0 Å². The Labute approximate surface area is 125 Å². The maximum Gasteiger partial charge on any atom is 0.325 e. The molecule has 0 heterocycles. The molecule has 0 aromatic heterocycles. The van der Waals surface area contributed by atoms with Gasteiger partial charge in [-0.05, 0) is 62.3 Å². The molecule has 0 saturated heterocycles. The van der Waals surface area contributed by atoms with Gasteiger partial charge in [-0.15, -0.1) is 0 Å². The number of fused-ring (bicyclic) bond motifs is 2. The Kier molecular flexibility index (Phi) is 3.01. The highest BCUT2D eigenvalue weighted by Crippen LogP contribution is 2.60. The summed E-state index contributed by atoms with van der Waals surface area (Å²) in [5.74, 6) is 0.579. The second-order valence-corrected chi connectivity index (χ2v) is 7.29. The first-order chi connectivity index (χ1) is 9.75. The number of ketones is 1. The predicted molar refractivity (Wildman–Crippen MR) is 80.1 cm³/mol. The van der Waals surface area contributed by atoms with Gasteiger partial charge in [0, 0.05) is 5.41 Å². The fraction of sp³-hybridized carbons (Fsp3) is 0.556. The molecular weight excluding hydrogens is 264 g/mol. The average Bonchev–Trinajstić information content (AvgIpc) is 2.89. The van der Waals surface area contributed by atoms with Crippen molar-refractivity contribution in [2.75, 3.05) is 0 Å². The van der Waals surface area contributed by atoms with Crippen molar-refractivity contribution in [3.63, 3.8) is 0 Å². The van der Waals surface area contributed by atoms with Gasteiger partial charge in [-0.2, -0.15) is 0 Å². The fourth-order valence-corrected chi connectivity index (χ4v) is 4.14. The molecule has 0 N–H and O–H groups in total. The molecule has 0 radical (unpaired) electrons. The molecule has 3 heteroatoms. The van der Waals surface area contributed by atoms with Gasteiger partial charge >= 0.3 is 5.97 Å². The largest absolute Gasteiger partial charge is 0.426 e. The minimum absolute atomic E-state index is 0.0700. The molecule has 2 atom stereocenters. The fourth-order valence-electron chi connectivity index (χ4n) is 4.14. The number of ether oxygens (including phenoxy) is 1. The normalized spacial score (nSPS) is 29.7. The first-order valence-corrected chi connectivity index (χ1v) is 7.61. The molecular formula is C18H22O3. The molecule has 21 heavy (non-hydrogen) atoms. The van der Waals surface area contributed by atoms with E-state index in [0.717, 1.165) is 17.5 Å². The van der Waals surface area contributed by atoms with Gasteiger partial charge in [-0.25, -0.2) is 0 Å². The Hall–Kier alpha value is -1.64. The Morgan fingerprint density at radius 3 is 2.33 bits per heavy atom. The first kappa shape index (κ1) is 14.3. The molecule has 2 aliphatic rings. The van der Waals surface area contributed by atoms with Crippen LogP contribution >= 0.6 is 0 Å². The second kappa shape index (κ2) is 4.43. The van der Waals surface area contributed by atoms with Crippen molar-refractivity contribution < 1.29 is 14.3 Å². The molecule has 2 aliphatic carbocycles. The molecule has 1 aromatic rings. The van der Waals surface area contributed by atoms with Crippen LogP contribution in [0.5, 0.6) is 5.75 Å². The summed E-state index contributed by atoms with van der Waals surface area (Å²) in [6.45, 7) is 7.87. The highest BCUT2D eigenvalue weighted by Gasteiger charge is 2.66. The van der Waals surface area contributed by atoms with Gasteiger partial charge in [0.15, 0.2) is 5.78 Å². The van der Waals surface area contributed by atoms with Crippen LogP contribution in [0.3, 0.4) is 0 Å². The number of esters is 1. The Morgan fingerprint density at radius 1 is 1.19 bits per heavy atom. The maximum absolute atomic E-state index is 12.7. The van der Waals surface area contributed by atoms with Crippen LogP contribution in [0.15, 0.2) is 18.2 Å². The number of benzene rings is 1. The number of hydrogen-bond donors (Lipinski definition) is 0. The van der Waals surface area contributed by atoms with Crippen molar-refractivity contribution in [3.8, 4) is 5.75 Å². The lowest BCUT2D eigenvalue weighted by Crippen LogP contribution is -2.43. The van der Waals surface area contributed by atoms with Crippen molar-refractivity contribution in [1.82, 2.24) is 0 Å². The second-order valence-electron chi connectivity index (χ2n) is 7.29. The van der Waals surface area contributed by atoms with Crippen molar-refractivity contribution in [3.05, 3.63) is 29.3 Å². The van der Waals surface area contributed by atoms with E-state index in [-0.39, 0.29) is 17.2 Å². The van der Waals surface area contributed by atoms with Crippen molar-refractivity contribution in [1.29, 1.82) is 0 Å². The third kappa shape index (κ3) is 2.02. The molecule has 3 rings (SSSR count). The number of carbonyl (C=O) groups excluding carboxylic acids is 2. The third-order valence-electron chi connectivity index (χ3n) is 5.35. The molecule has 0 amide bonds. The van der Waals surface area contributed by atoms with E-state index in [2.05, 4.69) is 0 Å². The number of rotatable bonds is 2. The highest BCUT2D eigenvalue weighted by molar-refractivity contribution is 6.09. The lowest BCUT2D eigenvalue weighted by molar-refractivity contribution is -0.153. The van der Waals surface area contributed by atoms with Gasteiger partial charge < -0.3 is 4.74 Å². The summed E-state index contributed by atoms with van der Waals surface area (Å²) in [6.07, 6.45) is 2.24. The summed E-state index contributed by atoms with van der Waals surface area (Å²) in [7, 11) is 0. The van der Waals surface area contributed by atoms with Crippen molar-refractivity contribution >= 4 is 11.8 Å². The lowest BCUT2D eigenvalue weighted by atomic mass is 9.71. The zero-order valence-corrected chi connectivity index (χ0v) is 13.2. The summed E-state index contributed by atoms with van der Waals surface area (Å²) < 4.78 is 5.58. The molecule has 2 saturated carbocycles. The van der Waals surface area contributed by atoms with Crippen LogP contribution in [0.25, 0.3) is 0 Å². The number of aryl methyl sites for hydroxylation is 2. The molecule has 1 aromatic carbocycles. The summed E-state index contributed by atoms with van der Waals surface area (Å²) in [5.41, 5.74) is 0.821. The van der Waals surface area contributed by atoms with Crippen LogP contribution in [-0.4, -0.2) is 11.8 Å². The summed E-state index contributed by atoms with van der Waals surface area (Å²) in [4.78, 5) is 25.3. The zero-order chi connectivity index (χ0) is 15.4. The monoisotopic (exact) mass is 286 g/mol. The summed E-state index contributed by atoms with van der Waals surface area (Å²) in [5, 5.41) is 0. The van der Waals surface area contributed by atoms with E-state index in [1.165, 1.54) is 0 Å². The van der Waals surface area contributed by atoms with Gasteiger partial charge in [0.1, 0.15) is 11.2 Å². The highest BCUT2D eigenvalue weighted by atomic mass is 16.5. The first-order valence-electron chi connectivity index (χ1n) is 7.61. The van der Waals surface area contributed by atoms with Gasteiger partial charge in [-0.1, -0.05) is 19.9 Å². The molecule has 112 valence electrons. The van der Waals surface area contributed by atoms with E-state index >= 15 is 0 Å². The Balaban J connectivity index is 1.88. The van der Waals surface area contributed by atoms with Crippen LogP contribution in [0, 0.1) is 30.6 Å². The lowest BCUT2D eigenvalue weighted by Gasteiger charge is -2.31. The molecule has 0 aliphatic heterocycles. The van der Waals surface area contributed by atoms with E-state index in [1.54, 1.807) is 0 Å². The topological polar surface area (TPSA) is 43.4 Å². The Morgan fingerprint density at radius 2 is 1.81 bits per heavy atom. The Bertz CT molecular complexity index is 609. The van der Waals surface area contributed by atoms with Crippen LogP contribution in [0.2, 0.25) is 0 Å². The molecule has 0 spiro atoms. The minimum Gasteiger partial charge on any atom is -0.426 e. The molecule has 3 nitrogen and oxygen atoms in total. The van der Waals surface area contributed by atoms with Gasteiger partial charge in [0.25, 0.3) is 0 Å². The minimum atomic E-state index is -0.897. The van der Waals surface area contributed by atoms with E-state index in [9.17, 15) is 9.59 Å². The van der Waals surface area contributed by atoms with E-state index in [1.807, 2.05) is 45.9 Å². The van der Waals surface area contributed by atoms with E-state index in [0.29, 0.717) is 24.5 Å². The smallest absolute Gasteiger partial charge is 0.325 e. The quantitative estimate of drug-likeness (QED) is 0.474. The number of hydrogen-bond acceptors (Lipinski definition) is 3. The zero-order valence-electron chi connectivity index (χ0n) is 13.2. The predicted octanol–water partition coefficient (Wildman–Crippen LogP) is 3.60. The van der Waals surface area contributed by atoms with Crippen LogP contribution < -0.4 is 4.74 Å². The van der Waals surface area contributed by atoms with E-state index < -0.39 is 5.41 Å². The summed E-state index contributed by atoms with van der Waals surface area (Å²) >= 11 is 0. The number of Topliss-reactive ketones (excluding diaryl/α,β-unsaturated/α-hetero) is 1. The van der Waals surface area contributed by atoms with Crippen LogP contribution in [-0.2, 0) is 9.59 Å². The number of carbonyl (C=O) groups is 2. The van der Waals surface area contributed by atoms with Gasteiger partial charge in [0.2, 0.25) is 0 Å². The maximum atomic E-state index is 12.7.